The van der Waals surface area contributed by atoms with Gasteiger partial charge in [-0.1, -0.05) is 31.4 Å². The lowest BCUT2D eigenvalue weighted by Crippen LogP contribution is -2.27. The Morgan fingerprint density at radius 1 is 1.29 bits per heavy atom. The Bertz CT molecular complexity index is 628. The molecule has 5 nitrogen and oxygen atoms in total. The molecule has 1 aromatic heterocycles. The predicted octanol–water partition coefficient (Wildman–Crippen LogP) is 2.70. The third kappa shape index (κ3) is 2.93. The first-order chi connectivity index (χ1) is 10.3. The fourth-order valence-electron chi connectivity index (χ4n) is 3.17. The molecular weight excluding hydrogens is 264 g/mol. The number of aromatic nitrogens is 2. The molecule has 0 radical (unpaired) electrons. The number of nitrogens with one attached hydrogen (secondary N) is 2. The smallest absolute Gasteiger partial charge is 0.240 e. The Hall–Kier alpha value is -1.88. The number of anilines is 1. The first-order valence-corrected chi connectivity index (χ1v) is 7.71. The summed E-state index contributed by atoms with van der Waals surface area (Å²) in [5.41, 5.74) is 2.06. The molecule has 1 fully saturated rings. The molecule has 1 aliphatic rings. The summed E-state index contributed by atoms with van der Waals surface area (Å²) < 4.78 is 2.22. The highest BCUT2D eigenvalue weighted by Gasteiger charge is 2.22. The van der Waals surface area contributed by atoms with Gasteiger partial charge in [-0.3, -0.25) is 10.1 Å². The molecule has 21 heavy (non-hydrogen) atoms. The average molecular weight is 286 g/mol. The second-order valence-electron chi connectivity index (χ2n) is 5.66. The minimum absolute atomic E-state index is 0.0511. The zero-order valence-electron chi connectivity index (χ0n) is 12.4. The first-order valence-electron chi connectivity index (χ1n) is 7.71. The summed E-state index contributed by atoms with van der Waals surface area (Å²) in [7, 11) is 1.77. The zero-order chi connectivity index (χ0) is 14.7. The number of rotatable bonds is 4. The molecule has 0 saturated heterocycles. The number of nitrogens with zero attached hydrogens (tertiary/aromatic N) is 2. The summed E-state index contributed by atoms with van der Waals surface area (Å²) in [5, 5.41) is 5.82. The Morgan fingerprint density at radius 2 is 2.05 bits per heavy atom. The van der Waals surface area contributed by atoms with Crippen molar-refractivity contribution in [1.29, 1.82) is 0 Å². The van der Waals surface area contributed by atoms with Crippen LogP contribution in [0.25, 0.3) is 11.0 Å². The summed E-state index contributed by atoms with van der Waals surface area (Å²) in [4.78, 5) is 16.5. The molecule has 3 rings (SSSR count). The third-order valence-corrected chi connectivity index (χ3v) is 4.12. The van der Waals surface area contributed by atoms with Gasteiger partial charge in [0, 0.05) is 6.04 Å². The maximum atomic E-state index is 11.9. The van der Waals surface area contributed by atoms with Crippen molar-refractivity contribution >= 4 is 22.9 Å². The van der Waals surface area contributed by atoms with Crippen LogP contribution in [0, 0.1) is 0 Å². The zero-order valence-corrected chi connectivity index (χ0v) is 12.4. The van der Waals surface area contributed by atoms with Crippen LogP contribution in [0.3, 0.4) is 0 Å². The van der Waals surface area contributed by atoms with Gasteiger partial charge in [-0.05, 0) is 32.0 Å². The van der Waals surface area contributed by atoms with Crippen molar-refractivity contribution in [3.63, 3.8) is 0 Å². The van der Waals surface area contributed by atoms with E-state index >= 15 is 0 Å². The highest BCUT2D eigenvalue weighted by atomic mass is 16.2. The van der Waals surface area contributed by atoms with Gasteiger partial charge in [0.2, 0.25) is 11.9 Å². The van der Waals surface area contributed by atoms with E-state index in [4.69, 9.17) is 0 Å². The quantitative estimate of drug-likeness (QED) is 0.908. The molecule has 0 bridgehead atoms. The third-order valence-electron chi connectivity index (χ3n) is 4.12. The van der Waals surface area contributed by atoms with E-state index in [1.165, 1.54) is 19.3 Å². The largest absolute Gasteiger partial charge is 0.311 e. The number of imidazole rings is 1. The number of amides is 1. The molecular formula is C16H22N4O. The summed E-state index contributed by atoms with van der Waals surface area (Å²) in [6, 6.07) is 8.55. The van der Waals surface area contributed by atoms with Crippen LogP contribution < -0.4 is 10.6 Å². The van der Waals surface area contributed by atoms with E-state index in [1.807, 2.05) is 18.2 Å². The molecule has 1 saturated carbocycles. The summed E-state index contributed by atoms with van der Waals surface area (Å²) >= 11 is 0. The minimum Gasteiger partial charge on any atom is -0.311 e. The molecule has 112 valence electrons. The summed E-state index contributed by atoms with van der Waals surface area (Å²) in [6.07, 6.45) is 6.14. The van der Waals surface area contributed by atoms with Crippen LogP contribution in [-0.4, -0.2) is 29.1 Å². The maximum Gasteiger partial charge on any atom is 0.240 e. The van der Waals surface area contributed by atoms with Crippen LogP contribution in [0.1, 0.15) is 38.1 Å². The van der Waals surface area contributed by atoms with Gasteiger partial charge in [-0.2, -0.15) is 0 Å². The summed E-state index contributed by atoms with van der Waals surface area (Å²) in [6.45, 7) is 0.299. The van der Waals surface area contributed by atoms with Crippen molar-refractivity contribution in [3.8, 4) is 0 Å². The molecule has 0 unspecified atom stereocenters. The minimum atomic E-state index is -0.0511. The van der Waals surface area contributed by atoms with Gasteiger partial charge >= 0.3 is 0 Å². The fraction of sp³-hybridized carbons (Fsp3) is 0.500. The van der Waals surface area contributed by atoms with Crippen molar-refractivity contribution in [3.05, 3.63) is 24.3 Å². The van der Waals surface area contributed by atoms with Gasteiger partial charge in [0.1, 0.15) is 0 Å². The Labute approximate surface area is 124 Å². The summed E-state index contributed by atoms with van der Waals surface area (Å²) in [5.74, 6) is 0.633. The molecule has 5 heteroatoms. The number of carbonyl (C=O) groups excluding carboxylic acids is 1. The van der Waals surface area contributed by atoms with Crippen molar-refractivity contribution in [1.82, 2.24) is 14.9 Å². The topological polar surface area (TPSA) is 59.0 Å². The van der Waals surface area contributed by atoms with E-state index in [1.54, 1.807) is 7.05 Å². The lowest BCUT2D eigenvalue weighted by Gasteiger charge is -2.25. The number of likely N-dealkylation sites (N-methyl/N-ethyl adjacent to an activating group) is 1. The van der Waals surface area contributed by atoms with E-state index in [0.717, 1.165) is 23.9 Å². The van der Waals surface area contributed by atoms with Crippen LogP contribution in [0.4, 0.5) is 5.95 Å². The molecule has 2 N–H and O–H groups in total. The van der Waals surface area contributed by atoms with Crippen molar-refractivity contribution in [2.24, 2.45) is 0 Å². The van der Waals surface area contributed by atoms with E-state index in [0.29, 0.717) is 18.5 Å². The van der Waals surface area contributed by atoms with E-state index < -0.39 is 0 Å². The van der Waals surface area contributed by atoms with Gasteiger partial charge in [-0.25, -0.2) is 4.98 Å². The van der Waals surface area contributed by atoms with Gasteiger partial charge in [-0.15, -0.1) is 0 Å². The Balaban J connectivity index is 1.98. The molecule has 0 spiro atoms. The highest BCUT2D eigenvalue weighted by Crippen LogP contribution is 2.34. The lowest BCUT2D eigenvalue weighted by molar-refractivity contribution is -0.115. The van der Waals surface area contributed by atoms with Gasteiger partial charge in [0.25, 0.3) is 0 Å². The normalized spacial score (nSPS) is 16.2. The van der Waals surface area contributed by atoms with E-state index in [9.17, 15) is 4.79 Å². The highest BCUT2D eigenvalue weighted by molar-refractivity contribution is 5.92. The van der Waals surface area contributed by atoms with E-state index in [-0.39, 0.29) is 5.91 Å². The number of hydrogen-bond donors (Lipinski definition) is 2. The average Bonchev–Trinajstić information content (AvgIpc) is 2.86. The first kappa shape index (κ1) is 14.1. The van der Waals surface area contributed by atoms with E-state index in [2.05, 4.69) is 26.3 Å². The predicted molar refractivity (Wildman–Crippen MR) is 84.4 cm³/mol. The molecule has 1 amide bonds. The monoisotopic (exact) mass is 286 g/mol. The second-order valence-corrected chi connectivity index (χ2v) is 5.66. The Morgan fingerprint density at radius 3 is 2.81 bits per heavy atom. The number of carbonyl (C=O) groups is 1. The Kier molecular flexibility index (Phi) is 4.20. The number of hydrogen-bond acceptors (Lipinski definition) is 3. The molecule has 0 atom stereocenters. The van der Waals surface area contributed by atoms with Gasteiger partial charge in [0.05, 0.1) is 17.6 Å². The molecule has 1 aliphatic carbocycles. The fourth-order valence-corrected chi connectivity index (χ4v) is 3.17. The van der Waals surface area contributed by atoms with Crippen LogP contribution >= 0.6 is 0 Å². The maximum absolute atomic E-state index is 11.9. The number of fused-ring (bicyclic) bond motifs is 1. The SMILES string of the molecule is CNCC(=O)Nc1nc2ccccc2n1C1CCCCC1. The number of benzene rings is 1. The molecule has 0 aliphatic heterocycles. The van der Waals surface area contributed by atoms with Crippen LogP contribution in [0.15, 0.2) is 24.3 Å². The molecule has 1 heterocycles. The van der Waals surface area contributed by atoms with Crippen molar-refractivity contribution in [2.75, 3.05) is 18.9 Å². The molecule has 2 aromatic rings. The standard InChI is InChI=1S/C16H22N4O/c1-17-11-15(21)19-16-18-13-9-5-6-10-14(13)20(16)12-7-3-2-4-8-12/h5-6,9-10,12,17H,2-4,7-8,11H2,1H3,(H,18,19,21). The van der Waals surface area contributed by atoms with Crippen LogP contribution in [0.2, 0.25) is 0 Å². The van der Waals surface area contributed by atoms with Crippen LogP contribution in [-0.2, 0) is 4.79 Å². The lowest BCUT2D eigenvalue weighted by atomic mass is 9.95. The molecule has 1 aromatic carbocycles. The van der Waals surface area contributed by atoms with Gasteiger partial charge in [0.15, 0.2) is 0 Å². The van der Waals surface area contributed by atoms with Crippen molar-refractivity contribution < 1.29 is 4.79 Å². The van der Waals surface area contributed by atoms with Crippen molar-refractivity contribution in [2.45, 2.75) is 38.1 Å². The second kappa shape index (κ2) is 6.26. The van der Waals surface area contributed by atoms with Gasteiger partial charge < -0.3 is 9.88 Å². The van der Waals surface area contributed by atoms with Crippen LogP contribution in [0.5, 0.6) is 0 Å². The number of para-hydroxylation sites is 2.